The maximum Gasteiger partial charge on any atom is 0.446 e. The summed E-state index contributed by atoms with van der Waals surface area (Å²) in [5, 5.41) is 8.28. The predicted molar refractivity (Wildman–Crippen MR) is 78.5 cm³/mol. The number of hydrogen-bond acceptors (Lipinski definition) is 6. The summed E-state index contributed by atoms with van der Waals surface area (Å²) in [6.07, 6.45) is 0. The summed E-state index contributed by atoms with van der Waals surface area (Å²) in [4.78, 5) is 31.8. The highest BCUT2D eigenvalue weighted by atomic mass is 79.9. The van der Waals surface area contributed by atoms with E-state index in [-0.39, 0.29) is 12.3 Å². The van der Waals surface area contributed by atoms with E-state index in [1.54, 1.807) is 20.9 Å². The minimum Gasteiger partial charge on any atom is -0.394 e. The van der Waals surface area contributed by atoms with Crippen LogP contribution in [0.2, 0.25) is 0 Å². The average molecular weight is 347 g/mol. The highest BCUT2D eigenvalue weighted by molar-refractivity contribution is 9.18. The maximum absolute atomic E-state index is 11.5. The minimum atomic E-state index is -0.429. The number of aliphatic imine (C=N–C) groups is 2. The Labute approximate surface area is 124 Å². The Morgan fingerprint density at radius 1 is 1.40 bits per heavy atom. The smallest absolute Gasteiger partial charge is 0.394 e. The van der Waals surface area contributed by atoms with E-state index < -0.39 is 17.5 Å². The monoisotopic (exact) mass is 346 g/mol. The number of rotatable bonds is 1. The van der Waals surface area contributed by atoms with Crippen LogP contribution in [0.1, 0.15) is 13.8 Å². The first-order valence-corrected chi connectivity index (χ1v) is 6.53. The Balaban J connectivity index is 0.000000286. The number of nitrogens with two attached hydrogens (primary N) is 1. The van der Waals surface area contributed by atoms with Crippen molar-refractivity contribution in [2.24, 2.45) is 15.7 Å². The molecule has 0 radical (unpaired) electrons. The molecule has 0 spiro atoms. The molecule has 110 valence electrons. The van der Waals surface area contributed by atoms with Crippen LogP contribution in [0.15, 0.2) is 9.98 Å². The zero-order valence-corrected chi connectivity index (χ0v) is 13.3. The lowest BCUT2D eigenvalue weighted by molar-refractivity contribution is -0.401. The van der Waals surface area contributed by atoms with Gasteiger partial charge in [-0.1, -0.05) is 4.99 Å². The molecule has 2 heterocycles. The number of carbonyl (C=O) groups is 2. The first kappa shape index (κ1) is 16.6. The molecule has 8 nitrogen and oxygen atoms in total. The Morgan fingerprint density at radius 3 is 2.35 bits per heavy atom. The number of imide groups is 1. The van der Waals surface area contributed by atoms with Gasteiger partial charge in [0.15, 0.2) is 0 Å². The molecule has 9 heteroatoms. The summed E-state index contributed by atoms with van der Waals surface area (Å²) >= 11 is 3.06. The number of aliphatic hydroxyl groups is 1. The van der Waals surface area contributed by atoms with Gasteiger partial charge in [-0.25, -0.2) is 9.59 Å². The number of nitrogens with zero attached hydrogens (tertiary/aromatic N) is 4. The topological polar surface area (TPSA) is 111 Å². The standard InChI is InChI=1S/C7H6BrN4O2.C4H11NO/c1-11-4-3(9-6(8)10-4)5(13)12(2)7(11)14;1-4(2,5)3-6/h1-2H3;6H,3,5H2,1-2H3/q+1;. The molecule has 3 amide bonds. The second-order valence-electron chi connectivity index (χ2n) is 5.02. The van der Waals surface area contributed by atoms with Crippen molar-refractivity contribution in [1.82, 2.24) is 4.90 Å². The van der Waals surface area contributed by atoms with Gasteiger partial charge in [0.1, 0.15) is 0 Å². The zero-order chi connectivity index (χ0) is 15.7. The number of carbonyl (C=O) groups excluding carboxylic acids is 2. The Bertz CT molecular complexity index is 545. The number of fused-ring (bicyclic) bond motifs is 1. The van der Waals surface area contributed by atoms with E-state index in [2.05, 4.69) is 25.9 Å². The Hall–Kier alpha value is -1.45. The van der Waals surface area contributed by atoms with Gasteiger partial charge in [-0.05, 0) is 13.8 Å². The Morgan fingerprint density at radius 2 is 1.90 bits per heavy atom. The van der Waals surface area contributed by atoms with Gasteiger partial charge in [-0.3, -0.25) is 0 Å². The molecule has 2 aliphatic rings. The second-order valence-corrected chi connectivity index (χ2v) is 5.73. The average Bonchev–Trinajstić information content (AvgIpc) is 2.76. The number of halogens is 1. The molecule has 2 rings (SSSR count). The zero-order valence-electron chi connectivity index (χ0n) is 11.7. The van der Waals surface area contributed by atoms with Crippen LogP contribution < -0.4 is 5.73 Å². The van der Waals surface area contributed by atoms with E-state index in [0.717, 1.165) is 4.90 Å². The van der Waals surface area contributed by atoms with Crippen LogP contribution >= 0.6 is 15.9 Å². The lowest BCUT2D eigenvalue weighted by Gasteiger charge is -2.15. The van der Waals surface area contributed by atoms with Crippen LogP contribution in [0.5, 0.6) is 0 Å². The highest BCUT2D eigenvalue weighted by Crippen LogP contribution is 2.11. The third-order valence-electron chi connectivity index (χ3n) is 2.42. The van der Waals surface area contributed by atoms with E-state index >= 15 is 0 Å². The number of amidine groups is 2. The summed E-state index contributed by atoms with van der Waals surface area (Å²) in [7, 11) is 2.96. The van der Waals surface area contributed by atoms with Crippen LogP contribution in [0.4, 0.5) is 4.79 Å². The first-order chi connectivity index (χ1) is 9.08. The molecular weight excluding hydrogens is 330 g/mol. The minimum absolute atomic E-state index is 0.0486. The third kappa shape index (κ3) is 3.56. The fourth-order valence-electron chi connectivity index (χ4n) is 1.25. The van der Waals surface area contributed by atoms with Gasteiger partial charge < -0.3 is 10.8 Å². The van der Waals surface area contributed by atoms with Gasteiger partial charge in [0.2, 0.25) is 5.71 Å². The third-order valence-corrected chi connectivity index (χ3v) is 2.77. The summed E-state index contributed by atoms with van der Waals surface area (Å²) in [5.74, 6) is -0.133. The van der Waals surface area contributed by atoms with Crippen molar-refractivity contribution < 1.29 is 19.3 Å². The molecule has 0 aromatic heterocycles. The van der Waals surface area contributed by atoms with Gasteiger partial charge in [0.25, 0.3) is 4.74 Å². The van der Waals surface area contributed by atoms with E-state index in [9.17, 15) is 9.59 Å². The van der Waals surface area contributed by atoms with Gasteiger partial charge >= 0.3 is 17.8 Å². The van der Waals surface area contributed by atoms with Crippen molar-refractivity contribution in [2.45, 2.75) is 19.4 Å². The van der Waals surface area contributed by atoms with E-state index in [0.29, 0.717) is 10.6 Å². The van der Waals surface area contributed by atoms with E-state index in [1.807, 2.05) is 0 Å². The molecule has 20 heavy (non-hydrogen) atoms. The molecule has 0 unspecified atom stereocenters. The first-order valence-electron chi connectivity index (χ1n) is 5.74. The summed E-state index contributed by atoms with van der Waals surface area (Å²) in [5.41, 5.74) is 5.08. The second kappa shape index (κ2) is 5.90. The Kier molecular flexibility index (Phi) is 4.90. The molecular formula is C11H17BrN5O3+. The summed E-state index contributed by atoms with van der Waals surface area (Å²) in [6.45, 7) is 3.59. The molecule has 0 aromatic rings. The molecule has 3 N–H and O–H groups in total. The lowest BCUT2D eigenvalue weighted by Crippen LogP contribution is -2.51. The molecule has 0 bridgehead atoms. The van der Waals surface area contributed by atoms with Crippen molar-refractivity contribution >= 4 is 44.2 Å². The molecule has 0 fully saturated rings. The van der Waals surface area contributed by atoms with Crippen LogP contribution in [0, 0.1) is 0 Å². The molecule has 0 saturated carbocycles. The van der Waals surface area contributed by atoms with Gasteiger partial charge in [0, 0.05) is 21.5 Å². The van der Waals surface area contributed by atoms with Crippen LogP contribution in [0.3, 0.4) is 0 Å². The number of amides is 3. The maximum atomic E-state index is 11.5. The highest BCUT2D eigenvalue weighted by Gasteiger charge is 2.44. The molecule has 0 atom stereocenters. The number of aliphatic hydroxyl groups excluding tert-OH is 1. The molecule has 0 saturated heterocycles. The van der Waals surface area contributed by atoms with Crippen molar-refractivity contribution in [1.29, 1.82) is 0 Å². The van der Waals surface area contributed by atoms with Crippen molar-refractivity contribution in [3.8, 4) is 0 Å². The van der Waals surface area contributed by atoms with Crippen LogP contribution in [0.25, 0.3) is 0 Å². The molecule has 0 aromatic carbocycles. The number of urea groups is 1. The van der Waals surface area contributed by atoms with Crippen LogP contribution in [-0.2, 0) is 4.79 Å². The van der Waals surface area contributed by atoms with Crippen molar-refractivity contribution in [3.05, 3.63) is 0 Å². The SMILES string of the molecule is CC(C)(N)CO.CN1C(=O)C2=NC(Br)=NC2=[N+](C)C1=O. The largest absolute Gasteiger partial charge is 0.446 e. The fourth-order valence-corrected chi connectivity index (χ4v) is 1.59. The van der Waals surface area contributed by atoms with Gasteiger partial charge in [0.05, 0.1) is 20.7 Å². The quantitative estimate of drug-likeness (QED) is 0.494. The van der Waals surface area contributed by atoms with E-state index in [4.69, 9.17) is 10.8 Å². The number of hydrogen-bond donors (Lipinski definition) is 2. The van der Waals surface area contributed by atoms with Gasteiger partial charge in [-0.15, -0.1) is 0 Å². The summed E-state index contributed by atoms with van der Waals surface area (Å²) < 4.78 is 1.60. The molecule has 0 aliphatic carbocycles. The fraction of sp³-hybridized carbons (Fsp3) is 0.545. The van der Waals surface area contributed by atoms with E-state index in [1.165, 1.54) is 11.6 Å². The van der Waals surface area contributed by atoms with Crippen LogP contribution in [-0.4, -0.2) is 69.1 Å². The van der Waals surface area contributed by atoms with Gasteiger partial charge in [-0.2, -0.15) is 14.5 Å². The van der Waals surface area contributed by atoms with Crippen molar-refractivity contribution in [3.63, 3.8) is 0 Å². The normalized spacial score (nSPS) is 18.4. The summed E-state index contributed by atoms with van der Waals surface area (Å²) in [6, 6.07) is -0.408. The lowest BCUT2D eigenvalue weighted by atomic mass is 10.1. The van der Waals surface area contributed by atoms with Crippen molar-refractivity contribution in [2.75, 3.05) is 20.7 Å². The molecule has 2 aliphatic heterocycles. The predicted octanol–water partition coefficient (Wildman–Crippen LogP) is -0.459.